The first-order valence-electron chi connectivity index (χ1n) is 5.79. The van der Waals surface area contributed by atoms with Crippen molar-refractivity contribution in [1.82, 2.24) is 0 Å². The van der Waals surface area contributed by atoms with Crippen LogP contribution in [0.1, 0.15) is 15.9 Å². The molecule has 0 aliphatic rings. The summed E-state index contributed by atoms with van der Waals surface area (Å²) >= 11 is 0. The lowest BCUT2D eigenvalue weighted by Crippen LogP contribution is -1.99. The van der Waals surface area contributed by atoms with Gasteiger partial charge < -0.3 is 14.6 Å². The summed E-state index contributed by atoms with van der Waals surface area (Å²) in [5.74, 6) is -0.100. The van der Waals surface area contributed by atoms with Crippen molar-refractivity contribution in [3.8, 4) is 11.5 Å². The van der Waals surface area contributed by atoms with E-state index in [1.165, 1.54) is 6.07 Å². The van der Waals surface area contributed by atoms with Crippen LogP contribution in [-0.4, -0.2) is 18.2 Å². The molecule has 0 fully saturated rings. The maximum absolute atomic E-state index is 11.1. The van der Waals surface area contributed by atoms with E-state index in [0.717, 1.165) is 5.56 Å². The summed E-state index contributed by atoms with van der Waals surface area (Å²) in [4.78, 5) is 11.1. The zero-order valence-electron chi connectivity index (χ0n) is 10.5. The van der Waals surface area contributed by atoms with Crippen molar-refractivity contribution in [1.29, 1.82) is 0 Å². The Kier molecular flexibility index (Phi) is 4.15. The molecule has 0 unspecified atom stereocenters. The fourth-order valence-corrected chi connectivity index (χ4v) is 1.72. The van der Waals surface area contributed by atoms with Crippen LogP contribution in [0, 0.1) is 0 Å². The minimum absolute atomic E-state index is 0.139. The molecule has 0 amide bonds. The molecule has 4 nitrogen and oxygen atoms in total. The number of ether oxygens (including phenoxy) is 2. The maximum Gasteiger partial charge on any atom is 0.339 e. The van der Waals surface area contributed by atoms with Gasteiger partial charge in [0.1, 0.15) is 17.1 Å². The maximum atomic E-state index is 11.1. The fourth-order valence-electron chi connectivity index (χ4n) is 1.72. The average Bonchev–Trinajstić information content (AvgIpc) is 2.40. The fraction of sp³-hybridized carbons (Fsp3) is 0.133. The van der Waals surface area contributed by atoms with E-state index in [1.807, 2.05) is 18.2 Å². The van der Waals surface area contributed by atoms with E-state index in [4.69, 9.17) is 14.6 Å². The first-order valence-corrected chi connectivity index (χ1v) is 5.79. The van der Waals surface area contributed by atoms with Gasteiger partial charge in [-0.05, 0) is 29.8 Å². The van der Waals surface area contributed by atoms with Gasteiger partial charge in [0.15, 0.2) is 0 Å². The lowest BCUT2D eigenvalue weighted by Gasteiger charge is -2.09. The van der Waals surface area contributed by atoms with E-state index < -0.39 is 5.97 Å². The highest BCUT2D eigenvalue weighted by Crippen LogP contribution is 2.26. The second kappa shape index (κ2) is 6.02. The molecule has 0 atom stereocenters. The summed E-state index contributed by atoms with van der Waals surface area (Å²) in [7, 11) is 1.62. The van der Waals surface area contributed by atoms with Crippen LogP contribution in [0.5, 0.6) is 11.5 Å². The van der Waals surface area contributed by atoms with Crippen molar-refractivity contribution < 1.29 is 19.4 Å². The molecule has 19 heavy (non-hydrogen) atoms. The van der Waals surface area contributed by atoms with Crippen molar-refractivity contribution in [2.45, 2.75) is 6.61 Å². The molecule has 0 radical (unpaired) electrons. The zero-order valence-corrected chi connectivity index (χ0v) is 10.5. The van der Waals surface area contributed by atoms with E-state index in [2.05, 4.69) is 0 Å². The Labute approximate surface area is 111 Å². The third-order valence-electron chi connectivity index (χ3n) is 2.55. The summed E-state index contributed by atoms with van der Waals surface area (Å²) in [5.41, 5.74) is 1.10. The zero-order chi connectivity index (χ0) is 13.7. The third-order valence-corrected chi connectivity index (χ3v) is 2.55. The summed E-state index contributed by atoms with van der Waals surface area (Å²) < 4.78 is 10.7. The molecule has 0 heterocycles. The molecule has 0 aliphatic heterocycles. The Hall–Kier alpha value is -2.33. The molecule has 0 aromatic heterocycles. The standard InChI is InChI=1S/C15H14O4/c1-18-10-11-5-4-6-12(9-11)19-14-8-3-2-7-13(14)15(16)17/h2-9H,10H2,1H3,(H,16,17). The second-order valence-corrected chi connectivity index (χ2v) is 3.98. The minimum atomic E-state index is -1.01. The van der Waals surface area contributed by atoms with Crippen LogP contribution in [0.4, 0.5) is 0 Å². The van der Waals surface area contributed by atoms with Gasteiger partial charge in [-0.3, -0.25) is 0 Å². The van der Waals surface area contributed by atoms with Gasteiger partial charge in [0.05, 0.1) is 6.61 Å². The summed E-state index contributed by atoms with van der Waals surface area (Å²) in [6.45, 7) is 0.484. The van der Waals surface area contributed by atoms with Crippen LogP contribution >= 0.6 is 0 Å². The Morgan fingerprint density at radius 3 is 2.68 bits per heavy atom. The van der Waals surface area contributed by atoms with E-state index in [-0.39, 0.29) is 5.56 Å². The smallest absolute Gasteiger partial charge is 0.339 e. The topological polar surface area (TPSA) is 55.8 Å². The molecular formula is C15H14O4. The van der Waals surface area contributed by atoms with Gasteiger partial charge in [-0.15, -0.1) is 0 Å². The van der Waals surface area contributed by atoms with Gasteiger partial charge in [-0.25, -0.2) is 4.79 Å². The van der Waals surface area contributed by atoms with Crippen molar-refractivity contribution in [3.63, 3.8) is 0 Å². The number of hydrogen-bond acceptors (Lipinski definition) is 3. The first kappa shape index (κ1) is 13.1. The highest BCUT2D eigenvalue weighted by atomic mass is 16.5. The van der Waals surface area contributed by atoms with Gasteiger partial charge in [0.25, 0.3) is 0 Å². The second-order valence-electron chi connectivity index (χ2n) is 3.98. The Bertz CT molecular complexity index is 578. The van der Waals surface area contributed by atoms with Crippen LogP contribution in [0.25, 0.3) is 0 Å². The van der Waals surface area contributed by atoms with E-state index >= 15 is 0 Å². The van der Waals surface area contributed by atoms with Gasteiger partial charge >= 0.3 is 5.97 Å². The number of hydrogen-bond donors (Lipinski definition) is 1. The van der Waals surface area contributed by atoms with Crippen molar-refractivity contribution in [3.05, 3.63) is 59.7 Å². The number of para-hydroxylation sites is 1. The normalized spacial score (nSPS) is 10.2. The Morgan fingerprint density at radius 2 is 1.95 bits per heavy atom. The summed E-state index contributed by atoms with van der Waals surface area (Å²) in [5, 5.41) is 9.08. The van der Waals surface area contributed by atoms with Gasteiger partial charge in [0.2, 0.25) is 0 Å². The largest absolute Gasteiger partial charge is 0.478 e. The Morgan fingerprint density at radius 1 is 1.16 bits per heavy atom. The lowest BCUT2D eigenvalue weighted by molar-refractivity contribution is 0.0694. The average molecular weight is 258 g/mol. The minimum Gasteiger partial charge on any atom is -0.478 e. The summed E-state index contributed by atoms with van der Waals surface area (Å²) in [6.07, 6.45) is 0. The number of carboxylic acids is 1. The van der Waals surface area contributed by atoms with Crippen LogP contribution in [0.3, 0.4) is 0 Å². The SMILES string of the molecule is COCc1cccc(Oc2ccccc2C(=O)O)c1. The van der Waals surface area contributed by atoms with E-state index in [1.54, 1.807) is 31.4 Å². The molecule has 98 valence electrons. The number of aromatic carboxylic acids is 1. The molecule has 2 aromatic rings. The number of benzene rings is 2. The predicted octanol–water partition coefficient (Wildman–Crippen LogP) is 3.32. The van der Waals surface area contributed by atoms with Crippen LogP contribution < -0.4 is 4.74 Å². The lowest BCUT2D eigenvalue weighted by atomic mass is 10.2. The van der Waals surface area contributed by atoms with E-state index in [9.17, 15) is 4.79 Å². The molecule has 1 N–H and O–H groups in total. The number of rotatable bonds is 5. The molecule has 2 rings (SSSR count). The van der Waals surface area contributed by atoms with Crippen molar-refractivity contribution in [2.24, 2.45) is 0 Å². The number of methoxy groups -OCH3 is 1. The quantitative estimate of drug-likeness (QED) is 0.893. The number of carboxylic acid groups (broad SMARTS) is 1. The summed E-state index contributed by atoms with van der Waals surface area (Å²) in [6, 6.07) is 13.9. The number of carbonyl (C=O) groups is 1. The van der Waals surface area contributed by atoms with Gasteiger partial charge in [-0.1, -0.05) is 24.3 Å². The van der Waals surface area contributed by atoms with Gasteiger partial charge in [-0.2, -0.15) is 0 Å². The highest BCUT2D eigenvalue weighted by molar-refractivity contribution is 5.90. The molecule has 0 saturated heterocycles. The molecule has 0 spiro atoms. The predicted molar refractivity (Wildman–Crippen MR) is 70.6 cm³/mol. The van der Waals surface area contributed by atoms with E-state index in [0.29, 0.717) is 18.1 Å². The van der Waals surface area contributed by atoms with Crippen LogP contribution in [0.2, 0.25) is 0 Å². The first-order chi connectivity index (χ1) is 9.20. The third kappa shape index (κ3) is 3.33. The van der Waals surface area contributed by atoms with Crippen molar-refractivity contribution >= 4 is 5.97 Å². The molecule has 0 bridgehead atoms. The Balaban J connectivity index is 2.26. The van der Waals surface area contributed by atoms with Gasteiger partial charge in [0, 0.05) is 7.11 Å². The van der Waals surface area contributed by atoms with Crippen LogP contribution in [0.15, 0.2) is 48.5 Å². The molecule has 4 heteroatoms. The molecule has 0 aliphatic carbocycles. The molecule has 2 aromatic carbocycles. The van der Waals surface area contributed by atoms with Crippen molar-refractivity contribution in [2.75, 3.05) is 7.11 Å². The monoisotopic (exact) mass is 258 g/mol. The highest BCUT2D eigenvalue weighted by Gasteiger charge is 2.10. The van der Waals surface area contributed by atoms with Crippen LogP contribution in [-0.2, 0) is 11.3 Å². The molecule has 0 saturated carbocycles. The molecular weight excluding hydrogens is 244 g/mol.